The largest absolute Gasteiger partial charge is 0.464 e. The molecule has 0 aliphatic rings. The molecule has 38 heavy (non-hydrogen) atoms. The number of carbonyl (C=O) groups excluding carboxylic acids is 1. The lowest BCUT2D eigenvalue weighted by Gasteiger charge is -2.33. The third kappa shape index (κ3) is 7.51. The van der Waals surface area contributed by atoms with E-state index in [9.17, 15) is 9.36 Å². The molecule has 2 aromatic heterocycles. The first-order valence-electron chi connectivity index (χ1n) is 12.5. The van der Waals surface area contributed by atoms with Gasteiger partial charge in [0.05, 0.1) is 25.6 Å². The number of carbonyl (C=O) groups is 1. The number of nitrogens with two attached hydrogens (primary N) is 1. The predicted octanol–water partition coefficient (Wildman–Crippen LogP) is 4.60. The second kappa shape index (κ2) is 12.5. The maximum absolute atomic E-state index is 14.3. The van der Waals surface area contributed by atoms with Crippen molar-refractivity contribution < 1.29 is 18.8 Å². The van der Waals surface area contributed by atoms with Crippen molar-refractivity contribution in [2.75, 3.05) is 18.7 Å². The van der Waals surface area contributed by atoms with E-state index in [1.165, 1.54) is 6.33 Å². The number of anilines is 1. The van der Waals surface area contributed by atoms with Gasteiger partial charge in [-0.2, -0.15) is 0 Å². The number of imidazole rings is 1. The molecule has 2 unspecified atom stereocenters. The van der Waals surface area contributed by atoms with Gasteiger partial charge in [0.15, 0.2) is 11.5 Å². The van der Waals surface area contributed by atoms with Crippen LogP contribution in [-0.4, -0.2) is 50.1 Å². The van der Waals surface area contributed by atoms with Crippen LogP contribution in [0.15, 0.2) is 30.9 Å². The summed E-state index contributed by atoms with van der Waals surface area (Å²) in [6.45, 7) is 11.6. The minimum atomic E-state index is -3.51. The average Bonchev–Trinajstić information content (AvgIpc) is 3.24. The number of aromatic nitrogens is 4. The second-order valence-corrected chi connectivity index (χ2v) is 12.6. The van der Waals surface area contributed by atoms with Crippen LogP contribution in [0.1, 0.15) is 58.2 Å². The third-order valence-corrected chi connectivity index (χ3v) is 8.40. The van der Waals surface area contributed by atoms with Crippen LogP contribution < -0.4 is 15.9 Å². The second-order valence-electron chi connectivity index (χ2n) is 9.90. The Labute approximate surface area is 228 Å². The molecule has 4 N–H and O–H groups in total. The Morgan fingerprint density at radius 3 is 2.68 bits per heavy atom. The summed E-state index contributed by atoms with van der Waals surface area (Å²) in [7, 11) is -3.51. The van der Waals surface area contributed by atoms with E-state index < -0.39 is 19.0 Å². The minimum Gasteiger partial charge on any atom is -0.464 e. The van der Waals surface area contributed by atoms with Crippen molar-refractivity contribution in [1.29, 1.82) is 0 Å². The molecule has 3 aromatic rings. The van der Waals surface area contributed by atoms with Gasteiger partial charge in [0, 0.05) is 11.1 Å². The fourth-order valence-electron chi connectivity index (χ4n) is 4.08. The fourth-order valence-corrected chi connectivity index (χ4v) is 6.73. The van der Waals surface area contributed by atoms with E-state index in [4.69, 9.17) is 26.8 Å². The van der Waals surface area contributed by atoms with E-state index in [1.54, 1.807) is 30.8 Å². The number of benzene rings is 1. The zero-order valence-electron chi connectivity index (χ0n) is 22.7. The van der Waals surface area contributed by atoms with Gasteiger partial charge < -0.3 is 19.8 Å². The molecule has 3 rings (SSSR count). The monoisotopic (exact) mass is 565 g/mol. The lowest BCUT2D eigenvalue weighted by molar-refractivity contribution is -0.149. The summed E-state index contributed by atoms with van der Waals surface area (Å²) in [4.78, 5) is 25.2. The van der Waals surface area contributed by atoms with Crippen LogP contribution in [0.3, 0.4) is 0 Å². The summed E-state index contributed by atoms with van der Waals surface area (Å²) in [6.07, 6.45) is 3.13. The van der Waals surface area contributed by atoms with Crippen molar-refractivity contribution in [3.8, 4) is 0 Å². The van der Waals surface area contributed by atoms with Crippen LogP contribution in [0.5, 0.6) is 0 Å². The van der Waals surface area contributed by atoms with Crippen molar-refractivity contribution in [2.45, 2.75) is 72.2 Å². The van der Waals surface area contributed by atoms with Gasteiger partial charge in [0.2, 0.25) is 7.44 Å². The molecule has 0 saturated heterocycles. The number of rotatable bonds is 13. The summed E-state index contributed by atoms with van der Waals surface area (Å²) < 4.78 is 27.5. The number of ether oxygens (including phenoxy) is 2. The summed E-state index contributed by atoms with van der Waals surface area (Å²) in [6, 6.07) is 5.20. The van der Waals surface area contributed by atoms with Crippen LogP contribution in [0.4, 0.5) is 5.82 Å². The lowest BCUT2D eigenvalue weighted by Crippen LogP contribution is -2.49. The number of aryl methyl sites for hydroxylation is 1. The van der Waals surface area contributed by atoms with Crippen molar-refractivity contribution in [2.24, 2.45) is 0 Å². The topological polar surface area (TPSA) is 146 Å². The molecule has 0 fully saturated rings. The molecular weight excluding hydrogens is 529 g/mol. The highest BCUT2D eigenvalue weighted by atomic mass is 35.5. The first-order chi connectivity index (χ1) is 17.8. The number of halogens is 1. The molecule has 0 bridgehead atoms. The van der Waals surface area contributed by atoms with Gasteiger partial charge in [-0.05, 0) is 64.3 Å². The summed E-state index contributed by atoms with van der Waals surface area (Å²) in [5.41, 5.74) is 7.63. The number of nitrogens with zero attached hydrogens (tertiary/aromatic N) is 4. The Balaban J connectivity index is 1.79. The molecule has 0 radical (unpaired) electrons. The van der Waals surface area contributed by atoms with E-state index in [2.05, 4.69) is 25.1 Å². The molecular formula is C25H37ClN7O4P. The Bertz CT molecular complexity index is 1320. The Morgan fingerprint density at radius 2 is 2.00 bits per heavy atom. The zero-order valence-corrected chi connectivity index (χ0v) is 24.3. The van der Waals surface area contributed by atoms with Crippen LogP contribution in [-0.2, 0) is 25.4 Å². The Hall–Kier alpha value is -2.56. The highest BCUT2D eigenvalue weighted by Crippen LogP contribution is 2.43. The van der Waals surface area contributed by atoms with Crippen LogP contribution in [0, 0.1) is 6.92 Å². The molecule has 0 amide bonds. The summed E-state index contributed by atoms with van der Waals surface area (Å²) >= 11 is 6.13. The van der Waals surface area contributed by atoms with E-state index in [0.717, 1.165) is 11.1 Å². The first kappa shape index (κ1) is 30.0. The zero-order chi connectivity index (χ0) is 28.1. The van der Waals surface area contributed by atoms with Crippen molar-refractivity contribution in [1.82, 2.24) is 29.7 Å². The first-order valence-corrected chi connectivity index (χ1v) is 14.7. The number of hydrogen-bond acceptors (Lipinski definition) is 8. The molecule has 0 aliphatic carbocycles. The molecule has 13 heteroatoms. The van der Waals surface area contributed by atoms with Crippen LogP contribution in [0.2, 0.25) is 5.02 Å². The maximum atomic E-state index is 14.3. The lowest BCUT2D eigenvalue weighted by atomic mass is 10.0. The molecule has 208 valence electrons. The highest BCUT2D eigenvalue weighted by molar-refractivity contribution is 7.59. The molecule has 1 aromatic carbocycles. The van der Waals surface area contributed by atoms with E-state index in [1.807, 2.05) is 39.8 Å². The number of nitrogen functional groups attached to an aromatic ring is 1. The number of nitrogens with one attached hydrogen (secondary N) is 2. The van der Waals surface area contributed by atoms with Gasteiger partial charge in [0.25, 0.3) is 0 Å². The normalized spacial score (nSPS) is 15.2. The molecule has 3 atom stereocenters. The van der Waals surface area contributed by atoms with Gasteiger partial charge in [-0.15, -0.1) is 0 Å². The highest BCUT2D eigenvalue weighted by Gasteiger charge is 2.38. The third-order valence-electron chi connectivity index (χ3n) is 5.93. The SMILES string of the molecule is CCCOC(=O)C(C)(C)NP(=O)(COC(C)Cn1cnc2c(N)ncnc21)N[C@H](C)c1ccc(Cl)cc1C. The Kier molecular flexibility index (Phi) is 9.89. The molecule has 2 heterocycles. The van der Waals surface area contributed by atoms with Gasteiger partial charge in [-0.3, -0.25) is 9.36 Å². The molecule has 11 nitrogen and oxygen atoms in total. The van der Waals surface area contributed by atoms with E-state index in [-0.39, 0.29) is 25.1 Å². The van der Waals surface area contributed by atoms with Crippen molar-refractivity contribution >= 4 is 42.0 Å². The van der Waals surface area contributed by atoms with Crippen LogP contribution >= 0.6 is 19.0 Å². The quantitative estimate of drug-likeness (QED) is 0.198. The van der Waals surface area contributed by atoms with Gasteiger partial charge >= 0.3 is 5.97 Å². The van der Waals surface area contributed by atoms with Gasteiger partial charge in [-0.25, -0.2) is 25.1 Å². The predicted molar refractivity (Wildman–Crippen MR) is 149 cm³/mol. The fraction of sp³-hybridized carbons (Fsp3) is 0.520. The number of esters is 1. The summed E-state index contributed by atoms with van der Waals surface area (Å²) in [5, 5.41) is 6.85. The molecule has 0 saturated carbocycles. The minimum absolute atomic E-state index is 0.181. The standard InChI is InChI=1S/C25H37ClN7O4P/c1-7-10-36-24(34)25(5,6)32-38(35,31-18(4)20-9-8-19(26)11-16(20)2)15-37-17(3)12-33-14-30-21-22(27)28-13-29-23(21)33/h8-9,11,13-14,17-18H,7,10,12,15H2,1-6H3,(H2,27,28,29)(H2,31,32,35)/t17?,18-,38?/m1/s1. The maximum Gasteiger partial charge on any atom is 0.326 e. The van der Waals surface area contributed by atoms with Gasteiger partial charge in [0.1, 0.15) is 23.7 Å². The average molecular weight is 566 g/mol. The Morgan fingerprint density at radius 1 is 1.26 bits per heavy atom. The van der Waals surface area contributed by atoms with Gasteiger partial charge in [-0.1, -0.05) is 24.6 Å². The summed E-state index contributed by atoms with van der Waals surface area (Å²) in [5.74, 6) is -0.198. The molecule has 0 spiro atoms. The molecule has 0 aliphatic heterocycles. The van der Waals surface area contributed by atoms with Crippen molar-refractivity contribution in [3.05, 3.63) is 47.0 Å². The van der Waals surface area contributed by atoms with E-state index in [0.29, 0.717) is 35.0 Å². The van der Waals surface area contributed by atoms with Crippen LogP contribution in [0.25, 0.3) is 11.2 Å². The van der Waals surface area contributed by atoms with E-state index >= 15 is 0 Å². The smallest absolute Gasteiger partial charge is 0.326 e. The van der Waals surface area contributed by atoms with Crippen molar-refractivity contribution in [3.63, 3.8) is 0 Å². The number of fused-ring (bicyclic) bond motifs is 1. The number of hydrogen-bond donors (Lipinski definition) is 3.